The Kier molecular flexibility index (Phi) is 5.74. The number of carboxylic acids is 1. The van der Waals surface area contributed by atoms with Gasteiger partial charge in [0.1, 0.15) is 0 Å². The third-order valence-electron chi connectivity index (χ3n) is 3.19. The van der Waals surface area contributed by atoms with E-state index in [-0.39, 0.29) is 30.0 Å². The average molecular weight is 292 g/mol. The molecule has 1 amide bonds. The van der Waals surface area contributed by atoms with Crippen molar-refractivity contribution in [2.45, 2.75) is 25.3 Å². The Balaban J connectivity index is 2.52. The monoisotopic (exact) mass is 292 g/mol. The average Bonchev–Trinajstić information content (AvgIpc) is 2.67. The van der Waals surface area contributed by atoms with Crippen LogP contribution >= 0.6 is 0 Å². The van der Waals surface area contributed by atoms with Gasteiger partial charge in [-0.3, -0.25) is 14.5 Å². The molecule has 0 aromatic rings. The number of hydrogen-bond donors (Lipinski definition) is 2. The van der Waals surface area contributed by atoms with E-state index in [1.165, 1.54) is 0 Å². The summed E-state index contributed by atoms with van der Waals surface area (Å²) in [6, 6.07) is -0.245. The van der Waals surface area contributed by atoms with Crippen LogP contribution < -0.4 is 5.32 Å². The van der Waals surface area contributed by atoms with Crippen molar-refractivity contribution in [3.05, 3.63) is 0 Å². The van der Waals surface area contributed by atoms with Crippen LogP contribution in [0.3, 0.4) is 0 Å². The molecule has 8 heteroatoms. The molecule has 2 N–H and O–H groups in total. The fourth-order valence-electron chi connectivity index (χ4n) is 2.20. The van der Waals surface area contributed by atoms with E-state index in [1.807, 2.05) is 0 Å². The normalized spacial score (nSPS) is 21.5. The fraction of sp³-hybridized carbons (Fsp3) is 0.818. The number of aliphatic carboxylic acids is 1. The summed E-state index contributed by atoms with van der Waals surface area (Å²) in [5.74, 6) is -0.956. The van der Waals surface area contributed by atoms with Gasteiger partial charge in [-0.15, -0.1) is 0 Å². The van der Waals surface area contributed by atoms with Gasteiger partial charge in [0.2, 0.25) is 5.91 Å². The van der Waals surface area contributed by atoms with Crippen molar-refractivity contribution in [2.24, 2.45) is 0 Å². The number of carbonyl (C=O) groups is 2. The number of rotatable bonds is 7. The van der Waals surface area contributed by atoms with Crippen molar-refractivity contribution >= 4 is 21.7 Å². The van der Waals surface area contributed by atoms with Crippen LogP contribution in [0.5, 0.6) is 0 Å². The molecule has 1 aliphatic rings. The maximum atomic E-state index is 11.4. The second-order valence-corrected chi connectivity index (χ2v) is 6.93. The minimum atomic E-state index is -3.04. The number of carbonyl (C=O) groups excluding carboxylic acids is 1. The Morgan fingerprint density at radius 3 is 2.58 bits per heavy atom. The molecule has 1 saturated heterocycles. The molecule has 1 unspecified atom stereocenters. The molecular weight excluding hydrogens is 272 g/mol. The Morgan fingerprint density at radius 1 is 1.42 bits per heavy atom. The molecule has 0 aromatic carbocycles. The Bertz CT molecular complexity index is 434. The van der Waals surface area contributed by atoms with Crippen LogP contribution in [0.15, 0.2) is 0 Å². The summed E-state index contributed by atoms with van der Waals surface area (Å²) in [4.78, 5) is 23.6. The molecule has 0 bridgehead atoms. The summed E-state index contributed by atoms with van der Waals surface area (Å²) in [6.45, 7) is 0.230. The van der Waals surface area contributed by atoms with Crippen LogP contribution in [0, 0.1) is 0 Å². The van der Waals surface area contributed by atoms with Gasteiger partial charge < -0.3 is 10.4 Å². The lowest BCUT2D eigenvalue weighted by Crippen LogP contribution is -2.40. The molecule has 7 nitrogen and oxygen atoms in total. The van der Waals surface area contributed by atoms with Crippen LogP contribution in [-0.4, -0.2) is 68.0 Å². The minimum absolute atomic E-state index is 0.0141. The van der Waals surface area contributed by atoms with E-state index >= 15 is 0 Å². The summed E-state index contributed by atoms with van der Waals surface area (Å²) in [5.41, 5.74) is 0. The van der Waals surface area contributed by atoms with Crippen LogP contribution in [0.2, 0.25) is 0 Å². The lowest BCUT2D eigenvalue weighted by molar-refractivity contribution is -0.138. The maximum Gasteiger partial charge on any atom is 0.317 e. The molecule has 0 spiro atoms. The molecule has 0 aromatic heterocycles. The Morgan fingerprint density at radius 2 is 2.11 bits per heavy atom. The first-order valence-electron chi connectivity index (χ1n) is 6.21. The van der Waals surface area contributed by atoms with Crippen molar-refractivity contribution in [3.63, 3.8) is 0 Å². The highest BCUT2D eigenvalue weighted by Crippen LogP contribution is 2.18. The Hall–Kier alpha value is -1.15. The molecule has 0 radical (unpaired) electrons. The molecule has 1 atom stereocenters. The van der Waals surface area contributed by atoms with Gasteiger partial charge in [-0.1, -0.05) is 0 Å². The predicted molar refractivity (Wildman–Crippen MR) is 69.6 cm³/mol. The summed E-state index contributed by atoms with van der Waals surface area (Å²) in [5, 5.41) is 11.4. The van der Waals surface area contributed by atoms with Crippen molar-refractivity contribution in [3.8, 4) is 0 Å². The maximum absolute atomic E-state index is 11.4. The lowest BCUT2D eigenvalue weighted by atomic mass is 10.2. The highest BCUT2D eigenvalue weighted by atomic mass is 32.2. The Labute approximate surface area is 112 Å². The smallest absolute Gasteiger partial charge is 0.317 e. The van der Waals surface area contributed by atoms with Gasteiger partial charge in [-0.05, 0) is 19.4 Å². The van der Waals surface area contributed by atoms with Gasteiger partial charge in [0.25, 0.3) is 0 Å². The summed E-state index contributed by atoms with van der Waals surface area (Å²) < 4.78 is 22.8. The van der Waals surface area contributed by atoms with E-state index in [0.717, 1.165) is 0 Å². The van der Waals surface area contributed by atoms with E-state index in [1.54, 1.807) is 11.9 Å². The van der Waals surface area contributed by atoms with Crippen LogP contribution in [-0.2, 0) is 19.4 Å². The molecule has 1 fully saturated rings. The van der Waals surface area contributed by atoms with Crippen LogP contribution in [0.1, 0.15) is 19.3 Å². The van der Waals surface area contributed by atoms with E-state index in [9.17, 15) is 18.0 Å². The summed E-state index contributed by atoms with van der Waals surface area (Å²) in [7, 11) is -1.49. The van der Waals surface area contributed by atoms with E-state index in [2.05, 4.69) is 5.32 Å². The zero-order valence-corrected chi connectivity index (χ0v) is 11.8. The zero-order valence-electron chi connectivity index (χ0n) is 11.0. The second kappa shape index (κ2) is 6.85. The molecule has 1 aliphatic heterocycles. The minimum Gasteiger partial charge on any atom is -0.480 e. The highest BCUT2D eigenvalue weighted by molar-refractivity contribution is 7.91. The molecule has 0 saturated carbocycles. The zero-order chi connectivity index (χ0) is 14.5. The lowest BCUT2D eigenvalue weighted by Gasteiger charge is -2.25. The van der Waals surface area contributed by atoms with Crippen LogP contribution in [0.25, 0.3) is 0 Å². The molecule has 110 valence electrons. The molecule has 1 heterocycles. The first-order chi connectivity index (χ1) is 8.84. The third-order valence-corrected chi connectivity index (χ3v) is 4.94. The third kappa shape index (κ3) is 5.56. The van der Waals surface area contributed by atoms with Gasteiger partial charge in [0, 0.05) is 19.5 Å². The SMILES string of the molecule is CNC(=O)CCCN(CC(=O)O)C1CCS(=O)(=O)C1. The number of hydrogen-bond acceptors (Lipinski definition) is 5. The van der Waals surface area contributed by atoms with Gasteiger partial charge in [-0.2, -0.15) is 0 Å². The van der Waals surface area contributed by atoms with Gasteiger partial charge in [0.15, 0.2) is 9.84 Å². The van der Waals surface area contributed by atoms with Crippen molar-refractivity contribution in [2.75, 3.05) is 31.6 Å². The van der Waals surface area contributed by atoms with Gasteiger partial charge in [-0.25, -0.2) is 8.42 Å². The topological polar surface area (TPSA) is 104 Å². The predicted octanol–water partition coefficient (Wildman–Crippen LogP) is -0.914. The summed E-state index contributed by atoms with van der Waals surface area (Å²) in [6.07, 6.45) is 1.30. The van der Waals surface area contributed by atoms with Crippen LogP contribution in [0.4, 0.5) is 0 Å². The second-order valence-electron chi connectivity index (χ2n) is 4.70. The number of carboxylic acid groups (broad SMARTS) is 1. The van der Waals surface area contributed by atoms with E-state index < -0.39 is 15.8 Å². The quantitative estimate of drug-likeness (QED) is 0.629. The molecular formula is C11H20N2O5S. The number of nitrogens with one attached hydrogen (secondary N) is 1. The van der Waals surface area contributed by atoms with Crippen molar-refractivity contribution in [1.82, 2.24) is 10.2 Å². The van der Waals surface area contributed by atoms with Crippen molar-refractivity contribution in [1.29, 1.82) is 0 Å². The van der Waals surface area contributed by atoms with Crippen molar-refractivity contribution < 1.29 is 23.1 Å². The number of nitrogens with zero attached hydrogens (tertiary/aromatic N) is 1. The largest absolute Gasteiger partial charge is 0.480 e. The molecule has 1 rings (SSSR count). The summed E-state index contributed by atoms with van der Waals surface area (Å²) >= 11 is 0. The van der Waals surface area contributed by atoms with Gasteiger partial charge >= 0.3 is 5.97 Å². The first-order valence-corrected chi connectivity index (χ1v) is 8.03. The highest BCUT2D eigenvalue weighted by Gasteiger charge is 2.32. The standard InChI is InChI=1S/C11H20N2O5S/c1-12-10(14)3-2-5-13(7-11(15)16)9-4-6-19(17,18)8-9/h9H,2-8H2,1H3,(H,12,14)(H,15,16). The van der Waals surface area contributed by atoms with E-state index in [4.69, 9.17) is 5.11 Å². The molecule has 19 heavy (non-hydrogen) atoms. The first kappa shape index (κ1) is 15.9. The number of sulfone groups is 1. The fourth-order valence-corrected chi connectivity index (χ4v) is 3.96. The van der Waals surface area contributed by atoms with E-state index in [0.29, 0.717) is 25.8 Å². The molecule has 0 aliphatic carbocycles. The number of amides is 1. The van der Waals surface area contributed by atoms with Gasteiger partial charge in [0.05, 0.1) is 18.1 Å².